The maximum Gasteiger partial charge on any atom is 0.0931 e. The van der Waals surface area contributed by atoms with E-state index >= 15 is 0 Å². The largest absolute Gasteiger partial charge is 0.151 e. The van der Waals surface area contributed by atoms with Gasteiger partial charge in [0.1, 0.15) is 0 Å². The van der Waals surface area contributed by atoms with Gasteiger partial charge in [0.25, 0.3) is 0 Å². The highest BCUT2D eigenvalue weighted by Gasteiger charge is 2.07. The molecule has 0 amide bonds. The SMILES string of the molecule is CCC(C)CCCCC(CCCl)N=O. The molecular weight excluding hydrogens is 198 g/mol. The van der Waals surface area contributed by atoms with Crippen LogP contribution < -0.4 is 0 Å². The fourth-order valence-corrected chi connectivity index (χ4v) is 1.70. The fraction of sp³-hybridized carbons (Fsp3) is 1.00. The zero-order valence-corrected chi connectivity index (χ0v) is 10.1. The van der Waals surface area contributed by atoms with Crippen LogP contribution in [0.5, 0.6) is 0 Å². The molecule has 84 valence electrons. The van der Waals surface area contributed by atoms with E-state index in [9.17, 15) is 4.91 Å². The topological polar surface area (TPSA) is 29.4 Å². The number of rotatable bonds is 9. The number of alkyl halides is 1. The van der Waals surface area contributed by atoms with Gasteiger partial charge in [0, 0.05) is 5.88 Å². The fourth-order valence-electron chi connectivity index (χ4n) is 1.45. The molecule has 0 radical (unpaired) electrons. The van der Waals surface area contributed by atoms with Crippen molar-refractivity contribution in [2.75, 3.05) is 5.88 Å². The summed E-state index contributed by atoms with van der Waals surface area (Å²) in [6, 6.07) is -0.0515. The molecule has 0 rings (SSSR count). The van der Waals surface area contributed by atoms with E-state index in [-0.39, 0.29) is 6.04 Å². The number of nitroso groups, excluding NO2 is 1. The Bertz CT molecular complexity index is 141. The maximum absolute atomic E-state index is 10.4. The summed E-state index contributed by atoms with van der Waals surface area (Å²) in [5, 5.41) is 3.08. The molecule has 0 aromatic carbocycles. The Balaban J connectivity index is 3.37. The summed E-state index contributed by atoms with van der Waals surface area (Å²) >= 11 is 5.56. The number of nitrogens with zero attached hydrogens (tertiary/aromatic N) is 1. The minimum Gasteiger partial charge on any atom is -0.151 e. The lowest BCUT2D eigenvalue weighted by Crippen LogP contribution is -2.04. The molecule has 0 aromatic heterocycles. The first-order valence-electron chi connectivity index (χ1n) is 5.63. The van der Waals surface area contributed by atoms with E-state index in [1.54, 1.807) is 0 Å². The van der Waals surface area contributed by atoms with E-state index in [4.69, 9.17) is 11.6 Å². The van der Waals surface area contributed by atoms with E-state index in [0.717, 1.165) is 25.2 Å². The molecule has 0 aromatic rings. The molecular formula is C11H22ClNO. The lowest BCUT2D eigenvalue weighted by Gasteiger charge is -2.09. The zero-order valence-electron chi connectivity index (χ0n) is 9.34. The molecule has 0 bridgehead atoms. The highest BCUT2D eigenvalue weighted by molar-refractivity contribution is 6.17. The summed E-state index contributed by atoms with van der Waals surface area (Å²) in [7, 11) is 0. The predicted molar refractivity (Wildman–Crippen MR) is 62.8 cm³/mol. The van der Waals surface area contributed by atoms with Crippen molar-refractivity contribution in [1.29, 1.82) is 0 Å². The Hall–Kier alpha value is -0.110. The lowest BCUT2D eigenvalue weighted by atomic mass is 9.99. The van der Waals surface area contributed by atoms with Crippen LogP contribution in [0, 0.1) is 10.8 Å². The van der Waals surface area contributed by atoms with Gasteiger partial charge in [-0.3, -0.25) is 0 Å². The van der Waals surface area contributed by atoms with Crippen LogP contribution in [0.4, 0.5) is 0 Å². The molecule has 0 aliphatic carbocycles. The molecule has 0 saturated heterocycles. The maximum atomic E-state index is 10.4. The van der Waals surface area contributed by atoms with Crippen LogP contribution in [-0.2, 0) is 0 Å². The van der Waals surface area contributed by atoms with Crippen molar-refractivity contribution >= 4 is 11.6 Å². The molecule has 0 spiro atoms. The van der Waals surface area contributed by atoms with Gasteiger partial charge in [0.05, 0.1) is 6.04 Å². The van der Waals surface area contributed by atoms with Crippen LogP contribution in [0.25, 0.3) is 0 Å². The first-order chi connectivity index (χ1) is 6.74. The first-order valence-corrected chi connectivity index (χ1v) is 6.16. The zero-order chi connectivity index (χ0) is 10.8. The minimum atomic E-state index is -0.0515. The van der Waals surface area contributed by atoms with Crippen molar-refractivity contribution < 1.29 is 0 Å². The van der Waals surface area contributed by atoms with Gasteiger partial charge in [-0.05, 0) is 18.8 Å². The number of halogens is 1. The summed E-state index contributed by atoms with van der Waals surface area (Å²) in [5.74, 6) is 1.35. The molecule has 3 heteroatoms. The normalized spacial score (nSPS) is 15.1. The Labute approximate surface area is 92.4 Å². The van der Waals surface area contributed by atoms with E-state index in [2.05, 4.69) is 19.0 Å². The molecule has 0 N–H and O–H groups in total. The van der Waals surface area contributed by atoms with Crippen LogP contribution in [0.2, 0.25) is 0 Å². The van der Waals surface area contributed by atoms with Gasteiger partial charge in [-0.1, -0.05) is 44.7 Å². The third-order valence-corrected chi connectivity index (χ3v) is 2.99. The Morgan fingerprint density at radius 3 is 2.36 bits per heavy atom. The van der Waals surface area contributed by atoms with Gasteiger partial charge in [-0.25, -0.2) is 0 Å². The van der Waals surface area contributed by atoms with Crippen LogP contribution >= 0.6 is 11.6 Å². The Kier molecular flexibility index (Phi) is 9.37. The summed E-state index contributed by atoms with van der Waals surface area (Å²) in [6.07, 6.45) is 6.47. The molecule has 0 saturated carbocycles. The van der Waals surface area contributed by atoms with Crippen molar-refractivity contribution in [1.82, 2.24) is 0 Å². The van der Waals surface area contributed by atoms with Crippen molar-refractivity contribution in [3.05, 3.63) is 4.91 Å². The van der Waals surface area contributed by atoms with Gasteiger partial charge >= 0.3 is 0 Å². The van der Waals surface area contributed by atoms with E-state index < -0.39 is 0 Å². The molecule has 0 aliphatic rings. The van der Waals surface area contributed by atoms with Crippen molar-refractivity contribution in [2.24, 2.45) is 11.1 Å². The average molecular weight is 220 g/mol. The minimum absolute atomic E-state index is 0.0515. The second kappa shape index (κ2) is 9.45. The standard InChI is InChI=1S/C11H22ClNO/c1-3-10(2)6-4-5-7-11(13-14)8-9-12/h10-11H,3-9H2,1-2H3. The molecule has 2 nitrogen and oxygen atoms in total. The molecule has 2 unspecified atom stereocenters. The van der Waals surface area contributed by atoms with Crippen molar-refractivity contribution in [2.45, 2.75) is 58.4 Å². The van der Waals surface area contributed by atoms with Crippen molar-refractivity contribution in [3.63, 3.8) is 0 Å². The molecule has 0 heterocycles. The molecule has 0 fully saturated rings. The summed E-state index contributed by atoms with van der Waals surface area (Å²) in [5.41, 5.74) is 0. The summed E-state index contributed by atoms with van der Waals surface area (Å²) < 4.78 is 0. The third kappa shape index (κ3) is 7.31. The quantitative estimate of drug-likeness (QED) is 0.322. The molecule has 14 heavy (non-hydrogen) atoms. The van der Waals surface area contributed by atoms with Gasteiger partial charge in [0.2, 0.25) is 0 Å². The highest BCUT2D eigenvalue weighted by Crippen LogP contribution is 2.15. The third-order valence-electron chi connectivity index (χ3n) is 2.77. The van der Waals surface area contributed by atoms with Gasteiger partial charge in [-0.15, -0.1) is 11.6 Å². The Morgan fingerprint density at radius 2 is 1.86 bits per heavy atom. The first kappa shape index (κ1) is 13.9. The number of hydrogen-bond acceptors (Lipinski definition) is 2. The van der Waals surface area contributed by atoms with Crippen LogP contribution in [0.3, 0.4) is 0 Å². The smallest absolute Gasteiger partial charge is 0.0931 e. The second-order valence-corrected chi connectivity index (χ2v) is 4.41. The number of unbranched alkanes of at least 4 members (excludes halogenated alkanes) is 1. The van der Waals surface area contributed by atoms with Gasteiger partial charge in [0.15, 0.2) is 0 Å². The average Bonchev–Trinajstić information content (AvgIpc) is 2.22. The Morgan fingerprint density at radius 1 is 1.21 bits per heavy atom. The predicted octanol–water partition coefficient (Wildman–Crippen LogP) is 4.36. The highest BCUT2D eigenvalue weighted by atomic mass is 35.5. The van der Waals surface area contributed by atoms with Gasteiger partial charge in [-0.2, -0.15) is 4.91 Å². The lowest BCUT2D eigenvalue weighted by molar-refractivity contribution is 0.461. The van der Waals surface area contributed by atoms with Gasteiger partial charge < -0.3 is 0 Å². The van der Waals surface area contributed by atoms with E-state index in [1.165, 1.54) is 19.3 Å². The van der Waals surface area contributed by atoms with Crippen LogP contribution in [-0.4, -0.2) is 11.9 Å². The van der Waals surface area contributed by atoms with E-state index in [1.807, 2.05) is 0 Å². The molecule has 0 aliphatic heterocycles. The monoisotopic (exact) mass is 219 g/mol. The van der Waals surface area contributed by atoms with Crippen LogP contribution in [0.15, 0.2) is 5.18 Å². The summed E-state index contributed by atoms with van der Waals surface area (Å²) in [6.45, 7) is 4.49. The van der Waals surface area contributed by atoms with Crippen molar-refractivity contribution in [3.8, 4) is 0 Å². The van der Waals surface area contributed by atoms with E-state index in [0.29, 0.717) is 5.88 Å². The molecule has 2 atom stereocenters. The summed E-state index contributed by atoms with van der Waals surface area (Å²) in [4.78, 5) is 10.4. The second-order valence-electron chi connectivity index (χ2n) is 4.03. The van der Waals surface area contributed by atoms with Crippen LogP contribution in [0.1, 0.15) is 52.4 Å². The number of hydrogen-bond donors (Lipinski definition) is 0.